The lowest BCUT2D eigenvalue weighted by Crippen LogP contribution is -2.10. The minimum Gasteiger partial charge on any atom is -0.363 e. The Balaban J connectivity index is 1.84. The molecule has 3 aromatic heterocycles. The van der Waals surface area contributed by atoms with Crippen molar-refractivity contribution in [1.82, 2.24) is 29.7 Å². The lowest BCUT2D eigenvalue weighted by molar-refractivity contribution is 0.575. The van der Waals surface area contributed by atoms with Crippen LogP contribution in [0.15, 0.2) is 41.2 Å². The molecule has 1 aromatic carbocycles. The first-order chi connectivity index (χ1) is 14.3. The molecular weight excluding hydrogens is 392 g/mol. The summed E-state index contributed by atoms with van der Waals surface area (Å²) in [5, 5.41) is 4.51. The van der Waals surface area contributed by atoms with Gasteiger partial charge in [-0.05, 0) is 36.8 Å². The summed E-state index contributed by atoms with van der Waals surface area (Å²) in [5.74, 6) is 0.0374. The second-order valence-electron chi connectivity index (χ2n) is 7.05. The van der Waals surface area contributed by atoms with Crippen molar-refractivity contribution in [3.63, 3.8) is 0 Å². The van der Waals surface area contributed by atoms with E-state index < -0.39 is 11.6 Å². The van der Waals surface area contributed by atoms with Crippen molar-refractivity contribution >= 4 is 5.82 Å². The van der Waals surface area contributed by atoms with Crippen molar-refractivity contribution in [2.75, 3.05) is 19.0 Å². The maximum atomic E-state index is 13.7. The fourth-order valence-corrected chi connectivity index (χ4v) is 3.11. The Morgan fingerprint density at radius 2 is 1.80 bits per heavy atom. The molecule has 0 bridgehead atoms. The highest BCUT2D eigenvalue weighted by atomic mass is 19.1. The quantitative estimate of drug-likeness (QED) is 0.527. The van der Waals surface area contributed by atoms with Gasteiger partial charge in [0.2, 0.25) is 0 Å². The van der Waals surface area contributed by atoms with Crippen LogP contribution in [0, 0.1) is 18.6 Å². The zero-order valence-corrected chi connectivity index (χ0v) is 16.6. The van der Waals surface area contributed by atoms with Gasteiger partial charge in [-0.2, -0.15) is 0 Å². The van der Waals surface area contributed by atoms with E-state index in [-0.39, 0.29) is 12.2 Å². The van der Waals surface area contributed by atoms with E-state index in [1.807, 2.05) is 31.1 Å². The summed E-state index contributed by atoms with van der Waals surface area (Å²) < 4.78 is 28.8. The molecule has 0 aliphatic rings. The van der Waals surface area contributed by atoms with E-state index in [0.29, 0.717) is 34.3 Å². The maximum Gasteiger partial charge on any atom is 0.323 e. The average molecular weight is 411 g/mol. The number of pyridine rings is 1. The molecule has 0 spiro atoms. The third-order valence-electron chi connectivity index (χ3n) is 4.49. The highest BCUT2D eigenvalue weighted by molar-refractivity contribution is 5.60. The number of aryl methyl sites for hydroxylation is 1. The minimum atomic E-state index is -0.682. The summed E-state index contributed by atoms with van der Waals surface area (Å²) in [4.78, 5) is 28.1. The van der Waals surface area contributed by atoms with Gasteiger partial charge in [0, 0.05) is 25.9 Å². The molecule has 0 saturated heterocycles. The van der Waals surface area contributed by atoms with Crippen molar-refractivity contribution in [3.05, 3.63) is 69.8 Å². The summed E-state index contributed by atoms with van der Waals surface area (Å²) >= 11 is 0. The Bertz CT molecular complexity index is 1250. The normalized spacial score (nSPS) is 11.1. The van der Waals surface area contributed by atoms with Gasteiger partial charge in [0.1, 0.15) is 28.8 Å². The largest absolute Gasteiger partial charge is 0.363 e. The van der Waals surface area contributed by atoms with Crippen LogP contribution in [0.5, 0.6) is 0 Å². The van der Waals surface area contributed by atoms with Crippen LogP contribution in [0.4, 0.5) is 14.6 Å². The number of hydrogen-bond donors (Lipinski definition) is 2. The molecule has 4 rings (SSSR count). The van der Waals surface area contributed by atoms with E-state index in [9.17, 15) is 13.6 Å². The van der Waals surface area contributed by atoms with Gasteiger partial charge in [-0.15, -0.1) is 5.10 Å². The number of hydrogen-bond acceptors (Lipinski definition) is 5. The molecule has 0 atom stereocenters. The van der Waals surface area contributed by atoms with Crippen molar-refractivity contribution in [3.8, 4) is 23.0 Å². The first kappa shape index (κ1) is 19.5. The number of rotatable bonds is 5. The molecule has 30 heavy (non-hydrogen) atoms. The molecule has 8 nitrogen and oxygen atoms in total. The van der Waals surface area contributed by atoms with Crippen LogP contribution >= 0.6 is 0 Å². The zero-order chi connectivity index (χ0) is 21.4. The van der Waals surface area contributed by atoms with Crippen LogP contribution < -0.4 is 10.6 Å². The van der Waals surface area contributed by atoms with Gasteiger partial charge in [-0.25, -0.2) is 28.2 Å². The number of anilines is 1. The lowest BCUT2D eigenvalue weighted by Gasteiger charge is -2.10. The molecule has 0 radical (unpaired) electrons. The monoisotopic (exact) mass is 411 g/mol. The van der Waals surface area contributed by atoms with E-state index in [2.05, 4.69) is 25.0 Å². The molecule has 0 aliphatic heterocycles. The fraction of sp³-hybridized carbons (Fsp3) is 0.200. The van der Waals surface area contributed by atoms with E-state index in [0.717, 1.165) is 11.9 Å². The molecule has 0 aliphatic carbocycles. The molecule has 2 N–H and O–H groups in total. The second kappa shape index (κ2) is 7.54. The number of H-pyrrole nitrogens is 2. The summed E-state index contributed by atoms with van der Waals surface area (Å²) in [6.45, 7) is 1.77. The number of halogens is 2. The molecule has 3 heterocycles. The van der Waals surface area contributed by atoms with Gasteiger partial charge in [-0.1, -0.05) is 6.07 Å². The number of imidazole rings is 1. The van der Waals surface area contributed by atoms with Crippen LogP contribution in [0.1, 0.15) is 11.3 Å². The Morgan fingerprint density at radius 3 is 2.43 bits per heavy atom. The number of benzene rings is 1. The first-order valence-electron chi connectivity index (χ1n) is 9.14. The van der Waals surface area contributed by atoms with Crippen LogP contribution in [0.2, 0.25) is 0 Å². The lowest BCUT2D eigenvalue weighted by atomic mass is 10.2. The molecule has 0 amide bonds. The topological polar surface area (TPSA) is 95.5 Å². The summed E-state index contributed by atoms with van der Waals surface area (Å²) in [6.07, 6.45) is 0. The highest BCUT2D eigenvalue weighted by Gasteiger charge is 2.19. The first-order valence-corrected chi connectivity index (χ1v) is 9.14. The fourth-order valence-electron chi connectivity index (χ4n) is 3.11. The van der Waals surface area contributed by atoms with E-state index in [4.69, 9.17) is 0 Å². The summed E-state index contributed by atoms with van der Waals surface area (Å²) in [6, 6.07) is 8.72. The number of nitrogens with one attached hydrogen (secondary N) is 2. The summed E-state index contributed by atoms with van der Waals surface area (Å²) in [5.41, 5.74) is 1.53. The standard InChI is InChI=1S/C20H19F2N7O/c1-11-17(25-20(30)23-11)19-26-18(15-5-4-6-16(24-15)28(2)3)27-29(19)10-12-7-13(21)9-14(22)8-12/h4-9H,10H2,1-3H3,(H2,23,25,30). The Kier molecular flexibility index (Phi) is 4.90. The summed E-state index contributed by atoms with van der Waals surface area (Å²) in [7, 11) is 3.74. The number of aromatic nitrogens is 6. The number of aromatic amines is 2. The minimum absolute atomic E-state index is 0.0526. The van der Waals surface area contributed by atoms with Gasteiger partial charge in [0.15, 0.2) is 11.6 Å². The van der Waals surface area contributed by atoms with Crippen LogP contribution in [0.25, 0.3) is 23.0 Å². The third-order valence-corrected chi connectivity index (χ3v) is 4.49. The molecule has 0 saturated carbocycles. The predicted molar refractivity (Wildman–Crippen MR) is 108 cm³/mol. The third kappa shape index (κ3) is 3.84. The predicted octanol–water partition coefficient (Wildman–Crippen LogP) is 2.72. The van der Waals surface area contributed by atoms with Crippen molar-refractivity contribution in [2.45, 2.75) is 13.5 Å². The van der Waals surface area contributed by atoms with E-state index in [1.165, 1.54) is 16.8 Å². The molecular formula is C20H19F2N7O. The second-order valence-corrected chi connectivity index (χ2v) is 7.05. The van der Waals surface area contributed by atoms with Gasteiger partial charge >= 0.3 is 5.69 Å². The van der Waals surface area contributed by atoms with Crippen LogP contribution in [-0.4, -0.2) is 43.8 Å². The van der Waals surface area contributed by atoms with Gasteiger partial charge < -0.3 is 14.9 Å². The SMILES string of the molecule is Cc1[nH]c(=O)[nH]c1-c1nc(-c2cccc(N(C)C)n2)nn1Cc1cc(F)cc(F)c1. The molecule has 10 heteroatoms. The maximum absolute atomic E-state index is 13.7. The van der Waals surface area contributed by atoms with Gasteiger partial charge in [-0.3, -0.25) is 0 Å². The van der Waals surface area contributed by atoms with Gasteiger partial charge in [0.05, 0.1) is 6.54 Å². The Labute approximate surface area is 170 Å². The van der Waals surface area contributed by atoms with Crippen molar-refractivity contribution < 1.29 is 8.78 Å². The van der Waals surface area contributed by atoms with E-state index in [1.54, 1.807) is 13.0 Å². The number of nitrogens with zero attached hydrogens (tertiary/aromatic N) is 5. The average Bonchev–Trinajstić information content (AvgIpc) is 3.23. The molecule has 0 fully saturated rings. The van der Waals surface area contributed by atoms with Crippen LogP contribution in [-0.2, 0) is 6.54 Å². The smallest absolute Gasteiger partial charge is 0.323 e. The van der Waals surface area contributed by atoms with Crippen molar-refractivity contribution in [1.29, 1.82) is 0 Å². The molecule has 154 valence electrons. The zero-order valence-electron chi connectivity index (χ0n) is 16.6. The Hall–Kier alpha value is -3.82. The van der Waals surface area contributed by atoms with E-state index >= 15 is 0 Å². The molecule has 0 unspecified atom stereocenters. The van der Waals surface area contributed by atoms with Crippen molar-refractivity contribution in [2.24, 2.45) is 0 Å². The van der Waals surface area contributed by atoms with Gasteiger partial charge in [0.25, 0.3) is 0 Å². The Morgan fingerprint density at radius 1 is 1.07 bits per heavy atom. The highest BCUT2D eigenvalue weighted by Crippen LogP contribution is 2.24. The van der Waals surface area contributed by atoms with Crippen LogP contribution in [0.3, 0.4) is 0 Å². The molecule has 4 aromatic rings.